The fraction of sp³-hybridized carbons (Fsp3) is 0.562. The predicted molar refractivity (Wildman–Crippen MR) is 79.1 cm³/mol. The Morgan fingerprint density at radius 3 is 2.80 bits per heavy atom. The second-order valence-electron chi connectivity index (χ2n) is 5.52. The van der Waals surface area contributed by atoms with E-state index in [0.717, 1.165) is 36.1 Å². The van der Waals surface area contributed by atoms with Crippen LogP contribution in [-0.2, 0) is 16.1 Å². The van der Waals surface area contributed by atoms with E-state index in [2.05, 4.69) is 0 Å². The van der Waals surface area contributed by atoms with Crippen LogP contribution in [-0.4, -0.2) is 18.0 Å². The van der Waals surface area contributed by atoms with Crippen LogP contribution in [0, 0.1) is 12.8 Å². The van der Waals surface area contributed by atoms with Crippen LogP contribution in [0.25, 0.3) is 0 Å². The predicted octanol–water partition coefficient (Wildman–Crippen LogP) is 3.84. The van der Waals surface area contributed by atoms with E-state index < -0.39 is 0 Å². The Kier molecular flexibility index (Phi) is 5.30. The van der Waals surface area contributed by atoms with Gasteiger partial charge in [-0.1, -0.05) is 6.07 Å². The summed E-state index contributed by atoms with van der Waals surface area (Å²) in [6.45, 7) is 4.42. The molecule has 110 valence electrons. The van der Waals surface area contributed by atoms with Crippen LogP contribution in [0.5, 0.6) is 5.75 Å². The molecule has 4 heteroatoms. The SMILES string of the molecule is CC(=O)OCc1cc(C)cc(OCC2CCC(Cl)C2)c1. The first-order valence-corrected chi connectivity index (χ1v) is 7.47. The van der Waals surface area contributed by atoms with Crippen molar-refractivity contribution in [3.8, 4) is 5.75 Å². The fourth-order valence-electron chi connectivity index (χ4n) is 2.56. The summed E-state index contributed by atoms with van der Waals surface area (Å²) in [5, 5.41) is 0.306. The van der Waals surface area contributed by atoms with Gasteiger partial charge in [0, 0.05) is 12.3 Å². The highest BCUT2D eigenvalue weighted by Gasteiger charge is 2.23. The molecule has 1 fully saturated rings. The fourth-order valence-corrected chi connectivity index (χ4v) is 2.93. The Balaban J connectivity index is 1.91. The average Bonchev–Trinajstić information content (AvgIpc) is 2.79. The van der Waals surface area contributed by atoms with Crippen molar-refractivity contribution in [1.29, 1.82) is 0 Å². The van der Waals surface area contributed by atoms with Gasteiger partial charge < -0.3 is 9.47 Å². The summed E-state index contributed by atoms with van der Waals surface area (Å²) in [6.07, 6.45) is 3.26. The Bertz CT molecular complexity index is 473. The minimum absolute atomic E-state index is 0.270. The molecule has 2 unspecified atom stereocenters. The molecule has 0 aromatic heterocycles. The number of halogens is 1. The molecule has 1 aliphatic carbocycles. The van der Waals surface area contributed by atoms with Gasteiger partial charge in [-0.05, 0) is 55.4 Å². The summed E-state index contributed by atoms with van der Waals surface area (Å²) >= 11 is 6.11. The molecular weight excluding hydrogens is 276 g/mol. The monoisotopic (exact) mass is 296 g/mol. The number of esters is 1. The Morgan fingerprint density at radius 2 is 2.15 bits per heavy atom. The zero-order chi connectivity index (χ0) is 14.5. The van der Waals surface area contributed by atoms with Gasteiger partial charge in [0.1, 0.15) is 12.4 Å². The number of benzene rings is 1. The molecule has 1 saturated carbocycles. The number of carbonyl (C=O) groups is 1. The number of ether oxygens (including phenoxy) is 2. The Labute approximate surface area is 125 Å². The maximum atomic E-state index is 10.9. The van der Waals surface area contributed by atoms with Crippen molar-refractivity contribution in [1.82, 2.24) is 0 Å². The van der Waals surface area contributed by atoms with Gasteiger partial charge in [-0.25, -0.2) is 0 Å². The number of carbonyl (C=O) groups excluding carboxylic acids is 1. The maximum Gasteiger partial charge on any atom is 0.302 e. The lowest BCUT2D eigenvalue weighted by atomic mass is 10.1. The molecule has 1 aliphatic rings. The van der Waals surface area contributed by atoms with E-state index in [1.54, 1.807) is 0 Å². The normalized spacial score (nSPS) is 21.8. The van der Waals surface area contributed by atoms with E-state index in [-0.39, 0.29) is 5.97 Å². The zero-order valence-electron chi connectivity index (χ0n) is 12.0. The number of hydrogen-bond acceptors (Lipinski definition) is 3. The third-order valence-electron chi connectivity index (χ3n) is 3.52. The summed E-state index contributed by atoms with van der Waals surface area (Å²) in [5.74, 6) is 1.12. The quantitative estimate of drug-likeness (QED) is 0.612. The molecule has 0 radical (unpaired) electrons. The highest BCUT2D eigenvalue weighted by Crippen LogP contribution is 2.30. The highest BCUT2D eigenvalue weighted by atomic mass is 35.5. The third kappa shape index (κ3) is 4.71. The Morgan fingerprint density at radius 1 is 1.35 bits per heavy atom. The lowest BCUT2D eigenvalue weighted by Gasteiger charge is -2.13. The Hall–Kier alpha value is -1.22. The lowest BCUT2D eigenvalue weighted by Crippen LogP contribution is -2.09. The number of rotatable bonds is 5. The van der Waals surface area contributed by atoms with Crippen molar-refractivity contribution < 1.29 is 14.3 Å². The van der Waals surface area contributed by atoms with E-state index in [9.17, 15) is 4.79 Å². The molecule has 0 heterocycles. The molecule has 0 aliphatic heterocycles. The summed E-state index contributed by atoms with van der Waals surface area (Å²) < 4.78 is 10.9. The van der Waals surface area contributed by atoms with Crippen molar-refractivity contribution in [3.05, 3.63) is 29.3 Å². The van der Waals surface area contributed by atoms with Gasteiger partial charge in [0.05, 0.1) is 6.61 Å². The van der Waals surface area contributed by atoms with Gasteiger partial charge in [-0.2, -0.15) is 0 Å². The standard InChI is InChI=1S/C16H21ClO3/c1-11-5-14(10-19-12(2)18)8-16(6-11)20-9-13-3-4-15(17)7-13/h5-6,8,13,15H,3-4,7,9-10H2,1-2H3. The minimum atomic E-state index is -0.270. The summed E-state index contributed by atoms with van der Waals surface area (Å²) in [6, 6.07) is 5.94. The molecule has 0 spiro atoms. The average molecular weight is 297 g/mol. The molecule has 2 rings (SSSR count). The van der Waals surface area contributed by atoms with Crippen LogP contribution in [0.3, 0.4) is 0 Å². The summed E-state index contributed by atoms with van der Waals surface area (Å²) in [7, 11) is 0. The smallest absolute Gasteiger partial charge is 0.302 e. The molecule has 3 nitrogen and oxygen atoms in total. The lowest BCUT2D eigenvalue weighted by molar-refractivity contribution is -0.142. The molecule has 0 amide bonds. The molecule has 2 atom stereocenters. The van der Waals surface area contributed by atoms with E-state index in [1.165, 1.54) is 6.92 Å². The molecule has 0 bridgehead atoms. The van der Waals surface area contributed by atoms with Gasteiger partial charge in [0.25, 0.3) is 0 Å². The van der Waals surface area contributed by atoms with Gasteiger partial charge in [0.2, 0.25) is 0 Å². The zero-order valence-corrected chi connectivity index (χ0v) is 12.8. The van der Waals surface area contributed by atoms with Crippen LogP contribution in [0.1, 0.15) is 37.3 Å². The molecule has 0 N–H and O–H groups in total. The van der Waals surface area contributed by atoms with Crippen LogP contribution >= 0.6 is 11.6 Å². The number of hydrogen-bond donors (Lipinski definition) is 0. The van der Waals surface area contributed by atoms with Crippen molar-refractivity contribution in [2.24, 2.45) is 5.92 Å². The molecule has 1 aromatic carbocycles. The van der Waals surface area contributed by atoms with Crippen molar-refractivity contribution in [2.45, 2.75) is 45.1 Å². The first kappa shape index (κ1) is 15.2. The van der Waals surface area contributed by atoms with Crippen LogP contribution < -0.4 is 4.74 Å². The summed E-state index contributed by atoms with van der Waals surface area (Å²) in [4.78, 5) is 10.9. The van der Waals surface area contributed by atoms with Gasteiger partial charge in [-0.15, -0.1) is 11.6 Å². The number of aryl methyl sites for hydroxylation is 1. The largest absolute Gasteiger partial charge is 0.493 e. The van der Waals surface area contributed by atoms with Crippen LogP contribution in [0.15, 0.2) is 18.2 Å². The highest BCUT2D eigenvalue weighted by molar-refractivity contribution is 6.20. The molecule has 0 saturated heterocycles. The van der Waals surface area contributed by atoms with Crippen molar-refractivity contribution in [3.63, 3.8) is 0 Å². The van der Waals surface area contributed by atoms with E-state index in [1.807, 2.05) is 25.1 Å². The topological polar surface area (TPSA) is 35.5 Å². The van der Waals surface area contributed by atoms with Gasteiger partial charge in [-0.3, -0.25) is 4.79 Å². The van der Waals surface area contributed by atoms with E-state index >= 15 is 0 Å². The van der Waals surface area contributed by atoms with Crippen molar-refractivity contribution >= 4 is 17.6 Å². The van der Waals surface area contributed by atoms with Gasteiger partial charge >= 0.3 is 5.97 Å². The first-order valence-electron chi connectivity index (χ1n) is 7.03. The third-order valence-corrected chi connectivity index (χ3v) is 3.91. The van der Waals surface area contributed by atoms with Crippen LogP contribution in [0.2, 0.25) is 0 Å². The molecule has 20 heavy (non-hydrogen) atoms. The van der Waals surface area contributed by atoms with Crippen LogP contribution in [0.4, 0.5) is 0 Å². The van der Waals surface area contributed by atoms with Crippen molar-refractivity contribution in [2.75, 3.05) is 6.61 Å². The second kappa shape index (κ2) is 6.98. The minimum Gasteiger partial charge on any atom is -0.493 e. The number of alkyl halides is 1. The first-order chi connectivity index (χ1) is 9.52. The molecular formula is C16H21ClO3. The second-order valence-corrected chi connectivity index (χ2v) is 6.14. The van der Waals surface area contributed by atoms with E-state index in [4.69, 9.17) is 21.1 Å². The maximum absolute atomic E-state index is 10.9. The van der Waals surface area contributed by atoms with E-state index in [0.29, 0.717) is 24.5 Å². The molecule has 1 aromatic rings. The van der Waals surface area contributed by atoms with Gasteiger partial charge in [0.15, 0.2) is 0 Å². The summed E-state index contributed by atoms with van der Waals surface area (Å²) in [5.41, 5.74) is 2.06.